The first-order valence-electron chi connectivity index (χ1n) is 13.3. The lowest BCUT2D eigenvalue weighted by molar-refractivity contribution is 0.477. The highest BCUT2D eigenvalue weighted by molar-refractivity contribution is 5.97. The normalized spacial score (nSPS) is 11.8. The Bertz CT molecular complexity index is 1610. The molecule has 5 rings (SSSR count). The molecule has 0 fully saturated rings. The SMILES string of the molecule is Cc1cccc2cccc(/N=C/c3cccc(-c4ccc(-c5c(C(C)C)cccc5C(C)C)cc4O)n3)c12. The van der Waals surface area contributed by atoms with Crippen LogP contribution in [-0.4, -0.2) is 16.3 Å². The standard InChI is InChI=1S/C35H34N2O/c1-22(2)28-14-9-15-29(23(3)4)35(28)26-18-19-30(33(38)20-26)31-16-8-13-27(37-31)21-36-32-17-7-12-25-11-6-10-24(5)34(25)32/h6-23,38H,1-5H3/b36-21+. The summed E-state index contributed by atoms with van der Waals surface area (Å²) in [5.74, 6) is 0.990. The molecule has 0 aliphatic heterocycles. The molecule has 1 heterocycles. The van der Waals surface area contributed by atoms with Gasteiger partial charge in [-0.1, -0.05) is 88.4 Å². The molecule has 4 aromatic carbocycles. The molecule has 0 spiro atoms. The van der Waals surface area contributed by atoms with E-state index in [1.165, 1.54) is 27.6 Å². The Morgan fingerprint density at radius 3 is 2.11 bits per heavy atom. The Balaban J connectivity index is 1.50. The van der Waals surface area contributed by atoms with Crippen LogP contribution in [0.3, 0.4) is 0 Å². The van der Waals surface area contributed by atoms with Crippen molar-refractivity contribution in [3.8, 4) is 28.1 Å². The van der Waals surface area contributed by atoms with E-state index in [9.17, 15) is 5.11 Å². The summed E-state index contributed by atoms with van der Waals surface area (Å²) in [7, 11) is 0. The van der Waals surface area contributed by atoms with Gasteiger partial charge in [0.2, 0.25) is 0 Å². The maximum atomic E-state index is 11.1. The highest BCUT2D eigenvalue weighted by atomic mass is 16.3. The van der Waals surface area contributed by atoms with Gasteiger partial charge in [0.1, 0.15) is 5.75 Å². The molecule has 190 valence electrons. The molecule has 0 radical (unpaired) electrons. The number of hydrogen-bond acceptors (Lipinski definition) is 3. The van der Waals surface area contributed by atoms with Gasteiger partial charge in [-0.25, -0.2) is 4.98 Å². The number of aromatic hydroxyl groups is 1. The minimum absolute atomic E-state index is 0.224. The highest BCUT2D eigenvalue weighted by Gasteiger charge is 2.17. The number of nitrogens with zero attached hydrogens (tertiary/aromatic N) is 2. The van der Waals surface area contributed by atoms with Crippen molar-refractivity contribution < 1.29 is 5.11 Å². The molecular formula is C35H34N2O. The largest absolute Gasteiger partial charge is 0.507 e. The van der Waals surface area contributed by atoms with Gasteiger partial charge in [-0.05, 0) is 82.3 Å². The molecule has 38 heavy (non-hydrogen) atoms. The monoisotopic (exact) mass is 498 g/mol. The predicted octanol–water partition coefficient (Wildman–Crippen LogP) is 9.58. The van der Waals surface area contributed by atoms with E-state index in [1.807, 2.05) is 42.5 Å². The second-order valence-electron chi connectivity index (χ2n) is 10.5. The van der Waals surface area contributed by atoms with Crippen LogP contribution in [0.25, 0.3) is 33.2 Å². The summed E-state index contributed by atoms with van der Waals surface area (Å²) in [6.07, 6.45) is 1.80. The van der Waals surface area contributed by atoms with Crippen molar-refractivity contribution in [2.45, 2.75) is 46.5 Å². The van der Waals surface area contributed by atoms with Crippen LogP contribution in [0.2, 0.25) is 0 Å². The molecule has 0 saturated carbocycles. The maximum Gasteiger partial charge on any atom is 0.125 e. The number of rotatable bonds is 6. The van der Waals surface area contributed by atoms with Crippen molar-refractivity contribution in [2.75, 3.05) is 0 Å². The number of phenolic OH excluding ortho intramolecular Hbond substituents is 1. The molecule has 1 N–H and O–H groups in total. The van der Waals surface area contributed by atoms with Gasteiger partial charge in [0.05, 0.1) is 23.3 Å². The quantitative estimate of drug-likeness (QED) is 0.237. The number of benzene rings is 4. The first-order valence-corrected chi connectivity index (χ1v) is 13.3. The van der Waals surface area contributed by atoms with Crippen LogP contribution >= 0.6 is 0 Å². The van der Waals surface area contributed by atoms with E-state index in [0.717, 1.165) is 22.3 Å². The number of aryl methyl sites for hydroxylation is 1. The Morgan fingerprint density at radius 1 is 0.763 bits per heavy atom. The lowest BCUT2D eigenvalue weighted by atomic mass is 9.84. The molecule has 3 heteroatoms. The van der Waals surface area contributed by atoms with Crippen molar-refractivity contribution in [2.24, 2.45) is 4.99 Å². The average Bonchev–Trinajstić information content (AvgIpc) is 2.91. The maximum absolute atomic E-state index is 11.1. The van der Waals surface area contributed by atoms with E-state index < -0.39 is 0 Å². The van der Waals surface area contributed by atoms with Crippen LogP contribution < -0.4 is 0 Å². The Hall–Kier alpha value is -4.24. The molecule has 0 unspecified atom stereocenters. The number of fused-ring (bicyclic) bond motifs is 1. The van der Waals surface area contributed by atoms with Crippen molar-refractivity contribution in [3.63, 3.8) is 0 Å². The molecular weight excluding hydrogens is 464 g/mol. The third-order valence-corrected chi connectivity index (χ3v) is 7.13. The molecule has 0 atom stereocenters. The van der Waals surface area contributed by atoms with Gasteiger partial charge in [0.25, 0.3) is 0 Å². The van der Waals surface area contributed by atoms with E-state index in [0.29, 0.717) is 23.1 Å². The smallest absolute Gasteiger partial charge is 0.125 e. The van der Waals surface area contributed by atoms with E-state index in [4.69, 9.17) is 9.98 Å². The molecule has 0 bridgehead atoms. The number of phenols is 1. The number of pyridine rings is 1. The van der Waals surface area contributed by atoms with Crippen molar-refractivity contribution in [3.05, 3.63) is 113 Å². The molecule has 0 aliphatic carbocycles. The lowest BCUT2D eigenvalue weighted by Crippen LogP contribution is -2.00. The lowest BCUT2D eigenvalue weighted by Gasteiger charge is -2.20. The summed E-state index contributed by atoms with van der Waals surface area (Å²) in [6, 6.07) is 30.7. The predicted molar refractivity (Wildman–Crippen MR) is 161 cm³/mol. The summed E-state index contributed by atoms with van der Waals surface area (Å²) < 4.78 is 0. The van der Waals surface area contributed by atoms with Crippen LogP contribution in [0.1, 0.15) is 61.9 Å². The van der Waals surface area contributed by atoms with Gasteiger partial charge in [-0.15, -0.1) is 0 Å². The number of aliphatic imine (C=N–C) groups is 1. The van der Waals surface area contributed by atoms with Gasteiger partial charge in [0.15, 0.2) is 0 Å². The molecule has 0 amide bonds. The summed E-state index contributed by atoms with van der Waals surface area (Å²) in [6.45, 7) is 11.0. The van der Waals surface area contributed by atoms with E-state index >= 15 is 0 Å². The molecule has 1 aromatic heterocycles. The van der Waals surface area contributed by atoms with Crippen molar-refractivity contribution >= 4 is 22.7 Å². The van der Waals surface area contributed by atoms with Crippen LogP contribution in [0, 0.1) is 6.92 Å². The molecule has 0 saturated heterocycles. The fraction of sp³-hybridized carbons (Fsp3) is 0.200. The number of aromatic nitrogens is 1. The topological polar surface area (TPSA) is 45.5 Å². The van der Waals surface area contributed by atoms with E-state index in [1.54, 1.807) is 6.21 Å². The van der Waals surface area contributed by atoms with Gasteiger partial charge in [-0.2, -0.15) is 0 Å². The van der Waals surface area contributed by atoms with Gasteiger partial charge >= 0.3 is 0 Å². The summed E-state index contributed by atoms with van der Waals surface area (Å²) in [5, 5.41) is 13.5. The first kappa shape index (κ1) is 25.4. The second-order valence-corrected chi connectivity index (χ2v) is 10.5. The third-order valence-electron chi connectivity index (χ3n) is 7.13. The summed E-state index contributed by atoms with van der Waals surface area (Å²) in [5.41, 5.74) is 9.12. The molecule has 0 aliphatic rings. The summed E-state index contributed by atoms with van der Waals surface area (Å²) in [4.78, 5) is 9.58. The van der Waals surface area contributed by atoms with Crippen LogP contribution in [0.15, 0.2) is 96.0 Å². The van der Waals surface area contributed by atoms with Crippen molar-refractivity contribution in [1.29, 1.82) is 0 Å². The van der Waals surface area contributed by atoms with Gasteiger partial charge < -0.3 is 5.11 Å². The fourth-order valence-corrected chi connectivity index (χ4v) is 5.21. The summed E-state index contributed by atoms with van der Waals surface area (Å²) >= 11 is 0. The zero-order valence-corrected chi connectivity index (χ0v) is 22.7. The van der Waals surface area contributed by atoms with Crippen molar-refractivity contribution in [1.82, 2.24) is 4.98 Å². The minimum atomic E-state index is 0.224. The van der Waals surface area contributed by atoms with Gasteiger partial charge in [-0.3, -0.25) is 4.99 Å². The Morgan fingerprint density at radius 2 is 1.42 bits per heavy atom. The Kier molecular flexibility index (Phi) is 7.11. The van der Waals surface area contributed by atoms with E-state index in [2.05, 4.69) is 83.1 Å². The zero-order chi connectivity index (χ0) is 26.8. The van der Waals surface area contributed by atoms with Gasteiger partial charge in [0, 0.05) is 10.9 Å². The third kappa shape index (κ3) is 4.97. The van der Waals surface area contributed by atoms with E-state index in [-0.39, 0.29) is 5.75 Å². The zero-order valence-electron chi connectivity index (χ0n) is 22.7. The average molecular weight is 499 g/mol. The fourth-order valence-electron chi connectivity index (χ4n) is 5.21. The Labute approximate surface area is 225 Å². The first-order chi connectivity index (χ1) is 18.3. The van der Waals surface area contributed by atoms with Crippen LogP contribution in [-0.2, 0) is 0 Å². The highest BCUT2D eigenvalue weighted by Crippen LogP contribution is 2.39. The second kappa shape index (κ2) is 10.6. The van der Waals surface area contributed by atoms with Crippen LogP contribution in [0.4, 0.5) is 5.69 Å². The number of hydrogen-bond donors (Lipinski definition) is 1. The van der Waals surface area contributed by atoms with Crippen LogP contribution in [0.5, 0.6) is 5.75 Å². The molecule has 3 nitrogen and oxygen atoms in total. The minimum Gasteiger partial charge on any atom is -0.507 e. The molecule has 5 aromatic rings.